The number of hydroxylamine groups is 1. The minimum atomic E-state index is -4.02. The number of rotatable bonds is 1. The summed E-state index contributed by atoms with van der Waals surface area (Å²) in [5, 5.41) is 0. The topological polar surface area (TPSA) is 69.9 Å². The summed E-state index contributed by atoms with van der Waals surface area (Å²) in [4.78, 5) is 4.07. The van der Waals surface area contributed by atoms with Gasteiger partial charge in [0, 0.05) is 0 Å². The highest BCUT2D eigenvalue weighted by atomic mass is 32.2. The number of nitrogens with zero attached hydrogens (tertiary/aromatic N) is 1. The second kappa shape index (κ2) is 1.16. The lowest BCUT2D eigenvalue weighted by molar-refractivity contribution is 0.270. The molecule has 6 heteroatoms. The summed E-state index contributed by atoms with van der Waals surface area (Å²) in [5.41, 5.74) is 0. The van der Waals surface area contributed by atoms with Crippen molar-refractivity contribution in [3.05, 3.63) is 0 Å². The third-order valence-electron chi connectivity index (χ3n) is 0.492. The van der Waals surface area contributed by atoms with Crippen molar-refractivity contribution in [1.82, 2.24) is 4.47 Å². The van der Waals surface area contributed by atoms with E-state index in [1.165, 1.54) is 0 Å². The van der Waals surface area contributed by atoms with Crippen molar-refractivity contribution >= 4 is 10.3 Å². The molecule has 0 aromatic rings. The van der Waals surface area contributed by atoms with Crippen LogP contribution in [0.1, 0.15) is 0 Å². The van der Waals surface area contributed by atoms with Crippen molar-refractivity contribution in [2.75, 3.05) is 6.73 Å². The van der Waals surface area contributed by atoms with Gasteiger partial charge in [0.1, 0.15) is 0 Å². The second-order valence-corrected chi connectivity index (χ2v) is 2.34. The maximum Gasteiger partial charge on any atom is 0.360 e. The van der Waals surface area contributed by atoms with Gasteiger partial charge in [0.15, 0.2) is 6.73 Å². The van der Waals surface area contributed by atoms with Crippen LogP contribution in [-0.2, 0) is 15.1 Å². The molecule has 0 amide bonds. The van der Waals surface area contributed by atoms with Crippen LogP contribution in [0.4, 0.5) is 0 Å². The Morgan fingerprint density at radius 3 is 2.14 bits per heavy atom. The normalized spacial score (nSPS) is 30.1. The average Bonchev–Trinajstić information content (AvgIpc) is 1.99. The molecule has 1 N–H and O–H groups in total. The Balaban J connectivity index is 2.71. The van der Waals surface area contributed by atoms with Crippen molar-refractivity contribution in [3.63, 3.8) is 0 Å². The summed E-state index contributed by atoms with van der Waals surface area (Å²) < 4.78 is 27.9. The van der Waals surface area contributed by atoms with E-state index < -0.39 is 10.3 Å². The molecule has 1 rings (SSSR count). The highest BCUT2D eigenvalue weighted by Crippen LogP contribution is 2.10. The first-order chi connectivity index (χ1) is 3.11. The third kappa shape index (κ3) is 1.10. The molecule has 0 aromatic carbocycles. The van der Waals surface area contributed by atoms with Gasteiger partial charge in [0.25, 0.3) is 0 Å². The molecule has 1 aliphatic rings. The number of hydrogen-bond donors (Lipinski definition) is 1. The molecule has 1 saturated heterocycles. The van der Waals surface area contributed by atoms with E-state index >= 15 is 0 Å². The van der Waals surface area contributed by atoms with Crippen molar-refractivity contribution in [2.24, 2.45) is 0 Å². The van der Waals surface area contributed by atoms with Crippen LogP contribution in [-0.4, -0.2) is 24.2 Å². The SMILES string of the molecule is O=S(=O)(O)N1CO1. The fourth-order valence-electron chi connectivity index (χ4n) is 0.157. The van der Waals surface area contributed by atoms with E-state index in [0.717, 1.165) is 0 Å². The molecule has 1 unspecified atom stereocenters. The Labute approximate surface area is 40.3 Å². The van der Waals surface area contributed by atoms with Crippen LogP contribution < -0.4 is 0 Å². The molecule has 5 nitrogen and oxygen atoms in total. The van der Waals surface area contributed by atoms with Crippen molar-refractivity contribution in [2.45, 2.75) is 0 Å². The summed E-state index contributed by atoms with van der Waals surface area (Å²) in [6.07, 6.45) is 0. The van der Waals surface area contributed by atoms with E-state index in [1.54, 1.807) is 0 Å². The monoisotopic (exact) mass is 125 g/mol. The van der Waals surface area contributed by atoms with Gasteiger partial charge in [-0.25, -0.2) is 0 Å². The van der Waals surface area contributed by atoms with E-state index in [2.05, 4.69) is 4.84 Å². The molecule has 7 heavy (non-hydrogen) atoms. The summed E-state index contributed by atoms with van der Waals surface area (Å²) in [6, 6.07) is 0. The third-order valence-corrected chi connectivity index (χ3v) is 1.22. The van der Waals surface area contributed by atoms with Gasteiger partial charge < -0.3 is 0 Å². The predicted molar refractivity (Wildman–Crippen MR) is 19.3 cm³/mol. The van der Waals surface area contributed by atoms with Crippen LogP contribution in [0.15, 0.2) is 0 Å². The maximum absolute atomic E-state index is 9.75. The first-order valence-corrected chi connectivity index (χ1v) is 2.88. The molecule has 0 spiro atoms. The van der Waals surface area contributed by atoms with Crippen LogP contribution in [0, 0.1) is 0 Å². The lowest BCUT2D eigenvalue weighted by atomic mass is 11.5. The quantitative estimate of drug-likeness (QED) is 0.360. The van der Waals surface area contributed by atoms with Gasteiger partial charge in [-0.3, -0.25) is 9.39 Å². The molecular formula is CH3NO4S. The predicted octanol–water partition coefficient (Wildman–Crippen LogP) is -1.01. The zero-order chi connectivity index (χ0) is 5.49. The van der Waals surface area contributed by atoms with Crippen LogP contribution >= 0.6 is 0 Å². The summed E-state index contributed by atoms with van der Waals surface area (Å²) in [6.45, 7) is -0.0289. The van der Waals surface area contributed by atoms with E-state index in [-0.39, 0.29) is 6.73 Å². The second-order valence-electron chi connectivity index (χ2n) is 1.04. The zero-order valence-electron chi connectivity index (χ0n) is 3.23. The fourth-order valence-corrected chi connectivity index (χ4v) is 0.470. The van der Waals surface area contributed by atoms with Crippen molar-refractivity contribution in [3.8, 4) is 0 Å². The van der Waals surface area contributed by atoms with Crippen LogP contribution in [0.25, 0.3) is 0 Å². The molecule has 0 aromatic heterocycles. The van der Waals surface area contributed by atoms with Gasteiger partial charge in [-0.15, -0.1) is 0 Å². The van der Waals surface area contributed by atoms with Crippen molar-refractivity contribution in [1.29, 1.82) is 0 Å². The number of hydrogen-bond acceptors (Lipinski definition) is 3. The van der Waals surface area contributed by atoms with Crippen molar-refractivity contribution < 1.29 is 17.8 Å². The van der Waals surface area contributed by atoms with Gasteiger partial charge in [-0.05, 0) is 4.47 Å². The largest absolute Gasteiger partial charge is 0.360 e. The lowest BCUT2D eigenvalue weighted by Crippen LogP contribution is -2.07. The molecule has 0 saturated carbocycles. The van der Waals surface area contributed by atoms with E-state index in [0.29, 0.717) is 4.47 Å². The van der Waals surface area contributed by atoms with Crippen LogP contribution in [0.3, 0.4) is 0 Å². The molecule has 1 heterocycles. The summed E-state index contributed by atoms with van der Waals surface area (Å²) >= 11 is 0. The van der Waals surface area contributed by atoms with Gasteiger partial charge >= 0.3 is 10.3 Å². The lowest BCUT2D eigenvalue weighted by Gasteiger charge is -1.83. The Bertz CT molecular complexity index is 155. The molecule has 0 radical (unpaired) electrons. The molecule has 0 bridgehead atoms. The van der Waals surface area contributed by atoms with E-state index in [9.17, 15) is 8.42 Å². The molecule has 1 atom stereocenters. The molecular weight excluding hydrogens is 122 g/mol. The minimum Gasteiger partial charge on any atom is -0.272 e. The molecule has 42 valence electrons. The van der Waals surface area contributed by atoms with E-state index in [1.807, 2.05) is 0 Å². The molecule has 1 fully saturated rings. The highest BCUT2D eigenvalue weighted by molar-refractivity contribution is 7.83. The summed E-state index contributed by atoms with van der Waals surface area (Å²) in [5.74, 6) is 0. The fraction of sp³-hybridized carbons (Fsp3) is 1.00. The van der Waals surface area contributed by atoms with Crippen LogP contribution in [0.2, 0.25) is 0 Å². The Morgan fingerprint density at radius 1 is 1.71 bits per heavy atom. The Morgan fingerprint density at radius 2 is 2.14 bits per heavy atom. The summed E-state index contributed by atoms with van der Waals surface area (Å²) in [7, 11) is -4.02. The van der Waals surface area contributed by atoms with E-state index in [4.69, 9.17) is 4.55 Å². The average molecular weight is 125 g/mol. The standard InChI is InChI=1S/CH3NO4S/c3-7(4,5)2-1-6-2/h1H2,(H,3,4,5). The first kappa shape index (κ1) is 4.98. The molecule has 1 aliphatic heterocycles. The van der Waals surface area contributed by atoms with Gasteiger partial charge in [-0.1, -0.05) is 0 Å². The Kier molecular flexibility index (Phi) is 0.824. The maximum atomic E-state index is 9.75. The highest BCUT2D eigenvalue weighted by Gasteiger charge is 2.32. The Hall–Kier alpha value is -0.170. The first-order valence-electron chi connectivity index (χ1n) is 1.49. The van der Waals surface area contributed by atoms with Crippen LogP contribution in [0.5, 0.6) is 0 Å². The zero-order valence-corrected chi connectivity index (χ0v) is 4.05. The van der Waals surface area contributed by atoms with Gasteiger partial charge in [0.2, 0.25) is 0 Å². The van der Waals surface area contributed by atoms with Gasteiger partial charge in [-0.2, -0.15) is 8.42 Å². The molecule has 0 aliphatic carbocycles. The minimum absolute atomic E-state index is 0.0289. The smallest absolute Gasteiger partial charge is 0.272 e. The van der Waals surface area contributed by atoms with Gasteiger partial charge in [0.05, 0.1) is 0 Å².